The lowest BCUT2D eigenvalue weighted by Crippen LogP contribution is -2.42. The van der Waals surface area contributed by atoms with E-state index < -0.39 is 10.0 Å². The van der Waals surface area contributed by atoms with Crippen molar-refractivity contribution in [2.75, 3.05) is 20.2 Å². The van der Waals surface area contributed by atoms with Gasteiger partial charge in [-0.3, -0.25) is 0 Å². The van der Waals surface area contributed by atoms with Gasteiger partial charge in [0.05, 0.1) is 19.5 Å². The van der Waals surface area contributed by atoms with Crippen molar-refractivity contribution in [2.24, 2.45) is 7.05 Å². The SMILES string of the molecule is COc1cnc(OC2CCN(S(=O)(=O)c3nccn3C)CC2)nc1. The number of hydrogen-bond acceptors (Lipinski definition) is 7. The Hall–Kier alpha value is -2.20. The molecule has 0 N–H and O–H groups in total. The number of aryl methyl sites for hydroxylation is 1. The third-order valence-electron chi connectivity index (χ3n) is 3.86. The van der Waals surface area contributed by atoms with Gasteiger partial charge in [-0.15, -0.1) is 0 Å². The zero-order chi connectivity index (χ0) is 17.2. The second kappa shape index (κ2) is 6.73. The Bertz CT molecular complexity index is 782. The summed E-state index contributed by atoms with van der Waals surface area (Å²) in [5.74, 6) is 0.554. The van der Waals surface area contributed by atoms with E-state index in [1.165, 1.54) is 34.6 Å². The summed E-state index contributed by atoms with van der Waals surface area (Å²) < 4.78 is 38.8. The van der Waals surface area contributed by atoms with E-state index in [9.17, 15) is 8.42 Å². The number of hydrogen-bond donors (Lipinski definition) is 0. The van der Waals surface area contributed by atoms with Crippen molar-refractivity contribution >= 4 is 10.0 Å². The first-order chi connectivity index (χ1) is 11.5. The summed E-state index contributed by atoms with van der Waals surface area (Å²) in [6.45, 7) is 0.742. The molecule has 1 aliphatic heterocycles. The van der Waals surface area contributed by atoms with Crippen LogP contribution in [0.3, 0.4) is 0 Å². The predicted molar refractivity (Wildman–Crippen MR) is 84.2 cm³/mol. The third-order valence-corrected chi connectivity index (χ3v) is 5.76. The Morgan fingerprint density at radius 2 is 1.83 bits per heavy atom. The monoisotopic (exact) mass is 353 g/mol. The first-order valence-corrected chi connectivity index (χ1v) is 8.95. The van der Waals surface area contributed by atoms with E-state index in [1.807, 2.05) is 0 Å². The van der Waals surface area contributed by atoms with Crippen molar-refractivity contribution in [2.45, 2.75) is 24.1 Å². The molecule has 3 rings (SSSR count). The van der Waals surface area contributed by atoms with Gasteiger partial charge >= 0.3 is 6.01 Å². The van der Waals surface area contributed by atoms with Crippen molar-refractivity contribution < 1.29 is 17.9 Å². The molecule has 0 aromatic carbocycles. The maximum atomic E-state index is 12.6. The van der Waals surface area contributed by atoms with Gasteiger partial charge in [0, 0.05) is 32.5 Å². The number of piperidine rings is 1. The molecule has 3 heterocycles. The molecule has 1 fully saturated rings. The number of ether oxygens (including phenoxy) is 2. The van der Waals surface area contributed by atoms with Gasteiger partial charge in [-0.25, -0.2) is 13.4 Å². The molecule has 0 unspecified atom stereocenters. The topological polar surface area (TPSA) is 99.4 Å². The first kappa shape index (κ1) is 16.7. The summed E-state index contributed by atoms with van der Waals surface area (Å²) in [4.78, 5) is 12.1. The zero-order valence-corrected chi connectivity index (χ0v) is 14.3. The van der Waals surface area contributed by atoms with E-state index in [0.717, 1.165) is 0 Å². The highest BCUT2D eigenvalue weighted by Crippen LogP contribution is 2.22. The smallest absolute Gasteiger partial charge is 0.316 e. The predicted octanol–water partition coefficient (Wildman–Crippen LogP) is 0.451. The molecule has 130 valence electrons. The van der Waals surface area contributed by atoms with Crippen LogP contribution in [0, 0.1) is 0 Å². The molecule has 1 aliphatic rings. The lowest BCUT2D eigenvalue weighted by atomic mass is 10.1. The molecule has 2 aromatic rings. The standard InChI is InChI=1S/C14H19N5O4S/c1-18-8-5-15-14(18)24(20,21)19-6-3-11(4-7-19)23-13-16-9-12(22-2)10-17-13/h5,8-11H,3-4,6-7H2,1-2H3. The highest BCUT2D eigenvalue weighted by molar-refractivity contribution is 7.89. The van der Waals surface area contributed by atoms with Crippen molar-refractivity contribution in [1.82, 2.24) is 23.8 Å². The number of nitrogens with zero attached hydrogens (tertiary/aromatic N) is 5. The molecule has 0 saturated carbocycles. The normalized spacial score (nSPS) is 16.9. The van der Waals surface area contributed by atoms with Crippen molar-refractivity contribution in [3.63, 3.8) is 0 Å². The Labute approximate surface area is 140 Å². The van der Waals surface area contributed by atoms with E-state index in [-0.39, 0.29) is 17.3 Å². The Morgan fingerprint density at radius 1 is 1.17 bits per heavy atom. The summed E-state index contributed by atoms with van der Waals surface area (Å²) in [5.41, 5.74) is 0. The van der Waals surface area contributed by atoms with Gasteiger partial charge in [0.1, 0.15) is 6.10 Å². The van der Waals surface area contributed by atoms with Crippen LogP contribution in [0.4, 0.5) is 0 Å². The Kier molecular flexibility index (Phi) is 4.67. The van der Waals surface area contributed by atoms with E-state index in [2.05, 4.69) is 15.0 Å². The third kappa shape index (κ3) is 3.34. The average Bonchev–Trinajstić information content (AvgIpc) is 3.03. The zero-order valence-electron chi connectivity index (χ0n) is 13.5. The maximum Gasteiger partial charge on any atom is 0.316 e. The van der Waals surface area contributed by atoms with Gasteiger partial charge in [-0.2, -0.15) is 14.3 Å². The molecule has 0 amide bonds. The molecule has 10 heteroatoms. The minimum atomic E-state index is -3.57. The lowest BCUT2D eigenvalue weighted by molar-refractivity contribution is 0.123. The molecule has 0 bridgehead atoms. The van der Waals surface area contributed by atoms with E-state index in [1.54, 1.807) is 13.2 Å². The van der Waals surface area contributed by atoms with Gasteiger partial charge in [0.2, 0.25) is 5.16 Å². The van der Waals surface area contributed by atoms with E-state index in [0.29, 0.717) is 31.7 Å². The quantitative estimate of drug-likeness (QED) is 0.769. The maximum absolute atomic E-state index is 12.6. The number of rotatable bonds is 5. The molecular weight excluding hydrogens is 334 g/mol. The summed E-state index contributed by atoms with van der Waals surface area (Å²) in [7, 11) is -0.371. The summed E-state index contributed by atoms with van der Waals surface area (Å²) in [5, 5.41) is 0.0559. The van der Waals surface area contributed by atoms with Gasteiger partial charge in [-0.05, 0) is 12.8 Å². The van der Waals surface area contributed by atoms with Gasteiger partial charge in [-0.1, -0.05) is 0 Å². The molecule has 9 nitrogen and oxygen atoms in total. The highest BCUT2D eigenvalue weighted by Gasteiger charge is 2.32. The minimum absolute atomic E-state index is 0.0559. The number of methoxy groups -OCH3 is 1. The van der Waals surface area contributed by atoms with Crippen LogP contribution in [0.2, 0.25) is 0 Å². The van der Waals surface area contributed by atoms with Crippen LogP contribution >= 0.6 is 0 Å². The Morgan fingerprint density at radius 3 is 2.38 bits per heavy atom. The fourth-order valence-corrected chi connectivity index (χ4v) is 4.07. The van der Waals surface area contributed by atoms with Crippen molar-refractivity contribution in [3.8, 4) is 11.8 Å². The molecule has 24 heavy (non-hydrogen) atoms. The van der Waals surface area contributed by atoms with Crippen LogP contribution in [0.5, 0.6) is 11.8 Å². The molecule has 0 radical (unpaired) electrons. The molecule has 1 saturated heterocycles. The van der Waals surface area contributed by atoms with Crippen molar-refractivity contribution in [1.29, 1.82) is 0 Å². The second-order valence-electron chi connectivity index (χ2n) is 5.45. The van der Waals surface area contributed by atoms with Crippen LogP contribution in [-0.2, 0) is 17.1 Å². The average molecular weight is 353 g/mol. The minimum Gasteiger partial charge on any atom is -0.494 e. The summed E-state index contributed by atoms with van der Waals surface area (Å²) >= 11 is 0. The fourth-order valence-electron chi connectivity index (χ4n) is 2.53. The molecule has 0 spiro atoms. The van der Waals surface area contributed by atoms with Crippen molar-refractivity contribution in [3.05, 3.63) is 24.8 Å². The number of imidazole rings is 1. The van der Waals surface area contributed by atoms with Gasteiger partial charge < -0.3 is 14.0 Å². The second-order valence-corrected chi connectivity index (χ2v) is 7.28. The van der Waals surface area contributed by atoms with Crippen LogP contribution in [0.1, 0.15) is 12.8 Å². The largest absolute Gasteiger partial charge is 0.494 e. The summed E-state index contributed by atoms with van der Waals surface area (Å²) in [6, 6.07) is 0.265. The van der Waals surface area contributed by atoms with Crippen LogP contribution < -0.4 is 9.47 Å². The highest BCUT2D eigenvalue weighted by atomic mass is 32.2. The first-order valence-electron chi connectivity index (χ1n) is 7.51. The number of sulfonamides is 1. The lowest BCUT2D eigenvalue weighted by Gasteiger charge is -2.30. The van der Waals surface area contributed by atoms with Crippen LogP contribution in [0.25, 0.3) is 0 Å². The number of aromatic nitrogens is 4. The van der Waals surface area contributed by atoms with E-state index >= 15 is 0 Å². The van der Waals surface area contributed by atoms with Gasteiger partial charge in [0.25, 0.3) is 10.0 Å². The summed E-state index contributed by atoms with van der Waals surface area (Å²) in [6.07, 6.45) is 7.17. The molecule has 2 aromatic heterocycles. The fraction of sp³-hybridized carbons (Fsp3) is 0.500. The molecule has 0 aliphatic carbocycles. The molecule has 0 atom stereocenters. The molecular formula is C14H19N5O4S. The Balaban J connectivity index is 1.60. The van der Waals surface area contributed by atoms with Gasteiger partial charge in [0.15, 0.2) is 5.75 Å². The van der Waals surface area contributed by atoms with E-state index in [4.69, 9.17) is 9.47 Å². The van der Waals surface area contributed by atoms with Crippen LogP contribution in [-0.4, -0.2) is 58.5 Å². The van der Waals surface area contributed by atoms with Crippen LogP contribution in [0.15, 0.2) is 29.9 Å².